The van der Waals surface area contributed by atoms with Crippen molar-refractivity contribution in [3.8, 4) is 39.1 Å². The van der Waals surface area contributed by atoms with Crippen molar-refractivity contribution in [3.63, 3.8) is 0 Å². The van der Waals surface area contributed by atoms with Gasteiger partial charge in [0.05, 0.1) is 10.9 Å². The number of aromatic nitrogens is 1. The lowest BCUT2D eigenvalue weighted by molar-refractivity contribution is 0.660. The number of nitrogens with zero attached hydrogens (tertiary/aromatic N) is 2. The van der Waals surface area contributed by atoms with Crippen LogP contribution in [0.3, 0.4) is 0 Å². The number of hydrogen-bond acceptors (Lipinski definition) is 1. The zero-order valence-corrected chi connectivity index (χ0v) is 37.0. The number of hydrogen-bond donors (Lipinski definition) is 0. The van der Waals surface area contributed by atoms with Gasteiger partial charge in [0, 0.05) is 45.1 Å². The molecule has 0 saturated carbocycles. The summed E-state index contributed by atoms with van der Waals surface area (Å²) in [7, 11) is 0. The Labute approximate surface area is 386 Å². The Hall–Kier alpha value is -8.20. The average Bonchev–Trinajstić information content (AvgIpc) is 4.02. The van der Waals surface area contributed by atoms with Crippen molar-refractivity contribution < 1.29 is 0 Å². The van der Waals surface area contributed by atoms with Crippen LogP contribution >= 0.6 is 0 Å². The average molecular weight is 843 g/mol. The van der Waals surface area contributed by atoms with Crippen LogP contribution in [-0.2, 0) is 10.8 Å². The molecule has 66 heavy (non-hydrogen) atoms. The number of anilines is 3. The van der Waals surface area contributed by atoms with E-state index >= 15 is 0 Å². The molecule has 2 heteroatoms. The molecule has 0 bridgehead atoms. The topological polar surface area (TPSA) is 8.17 Å². The first-order chi connectivity index (χ1) is 32.5. The van der Waals surface area contributed by atoms with E-state index in [9.17, 15) is 0 Å². The molecule has 0 saturated heterocycles. The zero-order valence-electron chi connectivity index (χ0n) is 37.0. The van der Waals surface area contributed by atoms with Crippen molar-refractivity contribution in [3.05, 3.63) is 276 Å². The van der Waals surface area contributed by atoms with Gasteiger partial charge in [-0.3, -0.25) is 0 Å². The molecule has 0 fully saturated rings. The van der Waals surface area contributed by atoms with E-state index < -0.39 is 5.41 Å². The van der Waals surface area contributed by atoms with Crippen molar-refractivity contribution >= 4 is 38.7 Å². The summed E-state index contributed by atoms with van der Waals surface area (Å²) in [6, 6.07) is 88.0. The van der Waals surface area contributed by atoms with Crippen LogP contribution in [0.5, 0.6) is 0 Å². The predicted molar refractivity (Wildman–Crippen MR) is 276 cm³/mol. The maximum Gasteiger partial charge on any atom is 0.0715 e. The second-order valence-electron chi connectivity index (χ2n) is 18.5. The zero-order chi connectivity index (χ0) is 44.0. The van der Waals surface area contributed by atoms with E-state index in [4.69, 9.17) is 0 Å². The van der Waals surface area contributed by atoms with Crippen LogP contribution in [0.2, 0.25) is 0 Å². The van der Waals surface area contributed by atoms with Gasteiger partial charge >= 0.3 is 0 Å². The molecule has 0 N–H and O–H groups in total. The summed E-state index contributed by atoms with van der Waals surface area (Å²) >= 11 is 0. The minimum absolute atomic E-state index is 0.144. The van der Waals surface area contributed by atoms with E-state index in [1.165, 1.54) is 88.4 Å². The third kappa shape index (κ3) is 5.61. The molecule has 0 spiro atoms. The van der Waals surface area contributed by atoms with Crippen molar-refractivity contribution in [1.82, 2.24) is 4.57 Å². The Kier molecular flexibility index (Phi) is 8.51. The van der Waals surface area contributed by atoms with Gasteiger partial charge in [0.15, 0.2) is 0 Å². The molecule has 2 nitrogen and oxygen atoms in total. The van der Waals surface area contributed by atoms with E-state index in [1.807, 2.05) is 0 Å². The fourth-order valence-corrected chi connectivity index (χ4v) is 11.6. The van der Waals surface area contributed by atoms with Crippen LogP contribution in [0.4, 0.5) is 17.1 Å². The first-order valence-electron chi connectivity index (χ1n) is 23.1. The fraction of sp³-hybridized carbons (Fsp3) is 0.0625. The first kappa shape index (κ1) is 38.3. The van der Waals surface area contributed by atoms with Crippen molar-refractivity contribution in [2.75, 3.05) is 4.90 Å². The minimum Gasteiger partial charge on any atom is -0.316 e. The summed E-state index contributed by atoms with van der Waals surface area (Å²) in [5.74, 6) is 0. The fourth-order valence-electron chi connectivity index (χ4n) is 11.6. The number of rotatable bonds is 7. The van der Waals surface area contributed by atoms with E-state index in [0.29, 0.717) is 0 Å². The smallest absolute Gasteiger partial charge is 0.0715 e. The molecule has 0 aliphatic heterocycles. The van der Waals surface area contributed by atoms with E-state index in [1.54, 1.807) is 0 Å². The van der Waals surface area contributed by atoms with Gasteiger partial charge in [-0.1, -0.05) is 196 Å². The Morgan fingerprint density at radius 3 is 1.59 bits per heavy atom. The van der Waals surface area contributed by atoms with Crippen molar-refractivity contribution in [1.29, 1.82) is 0 Å². The molecule has 0 atom stereocenters. The van der Waals surface area contributed by atoms with Gasteiger partial charge in [0.25, 0.3) is 0 Å². The maximum absolute atomic E-state index is 2.49. The summed E-state index contributed by atoms with van der Waals surface area (Å²) in [5, 5.41) is 3.72. The van der Waals surface area contributed by atoms with Crippen molar-refractivity contribution in [2.24, 2.45) is 0 Å². The molecule has 1 aromatic heterocycles. The van der Waals surface area contributed by atoms with E-state index in [2.05, 4.69) is 266 Å². The van der Waals surface area contributed by atoms with E-state index in [-0.39, 0.29) is 5.41 Å². The quantitative estimate of drug-likeness (QED) is 0.155. The molecule has 0 radical (unpaired) electrons. The summed E-state index contributed by atoms with van der Waals surface area (Å²) < 4.78 is 2.39. The second kappa shape index (κ2) is 14.7. The molecule has 13 rings (SSSR count). The van der Waals surface area contributed by atoms with Gasteiger partial charge in [-0.15, -0.1) is 0 Å². The van der Waals surface area contributed by atoms with Gasteiger partial charge in [-0.05, 0) is 127 Å². The Morgan fingerprint density at radius 2 is 0.879 bits per heavy atom. The van der Waals surface area contributed by atoms with Gasteiger partial charge in [-0.25, -0.2) is 0 Å². The van der Waals surface area contributed by atoms with Crippen LogP contribution in [0.1, 0.15) is 47.2 Å². The van der Waals surface area contributed by atoms with Gasteiger partial charge in [0.2, 0.25) is 0 Å². The van der Waals surface area contributed by atoms with Gasteiger partial charge in [0.1, 0.15) is 0 Å². The summed E-state index contributed by atoms with van der Waals surface area (Å²) in [6.07, 6.45) is 2.24. The van der Waals surface area contributed by atoms with Crippen LogP contribution in [0.25, 0.3) is 60.7 Å². The molecule has 2 aliphatic carbocycles. The Balaban J connectivity index is 1.05. The third-order valence-corrected chi connectivity index (χ3v) is 14.7. The van der Waals surface area contributed by atoms with Crippen molar-refractivity contribution in [2.45, 2.75) is 24.7 Å². The molecule has 10 aromatic carbocycles. The Bertz CT molecular complexity index is 3620. The van der Waals surface area contributed by atoms with Crippen LogP contribution in [0, 0.1) is 0 Å². The van der Waals surface area contributed by atoms with Crippen LogP contribution < -0.4 is 4.90 Å². The summed E-state index contributed by atoms with van der Waals surface area (Å²) in [5.41, 5.74) is 20.3. The lowest BCUT2D eigenvalue weighted by Gasteiger charge is -2.35. The first-order valence-corrected chi connectivity index (χ1v) is 23.1. The molecular weight excluding hydrogens is 797 g/mol. The highest BCUT2D eigenvalue weighted by Crippen LogP contribution is 2.58. The molecule has 0 unspecified atom stereocenters. The van der Waals surface area contributed by atoms with Crippen LogP contribution in [0.15, 0.2) is 243 Å². The molecule has 1 heterocycles. The van der Waals surface area contributed by atoms with E-state index in [0.717, 1.165) is 22.7 Å². The largest absolute Gasteiger partial charge is 0.316 e. The second-order valence-corrected chi connectivity index (χ2v) is 18.5. The summed E-state index contributed by atoms with van der Waals surface area (Å²) in [6.45, 7) is 4.74. The normalized spacial score (nSPS) is 13.8. The lowest BCUT2D eigenvalue weighted by atomic mass is 9.67. The summed E-state index contributed by atoms with van der Waals surface area (Å²) in [4.78, 5) is 2.47. The number of benzene rings is 10. The Morgan fingerprint density at radius 1 is 0.364 bits per heavy atom. The molecular formula is C64H46N2. The monoisotopic (exact) mass is 842 g/mol. The molecule has 312 valence electrons. The predicted octanol–water partition coefficient (Wildman–Crippen LogP) is 16.6. The SMILES string of the molecule is CC1(C)c2ccccc2-c2ccc(N(c3ccc(-c4ccccc4)cc3)c3ccc4c(c3)C(c3ccccc3)(c3ccccc3)c3cc(-n5ccc6ccc7ccccc7c65)ccc3-4)cc21. The highest BCUT2D eigenvalue weighted by molar-refractivity contribution is 6.06. The lowest BCUT2D eigenvalue weighted by Crippen LogP contribution is -2.29. The molecule has 2 aliphatic rings. The highest BCUT2D eigenvalue weighted by Gasteiger charge is 2.47. The molecule has 11 aromatic rings. The maximum atomic E-state index is 2.49. The van der Waals surface area contributed by atoms with Gasteiger partial charge < -0.3 is 9.47 Å². The standard InChI is InChI=1S/C64H46N2/c1-63(2)58-25-15-14-24-54(58)55-36-33-51(41-59(55)63)66(49-30-28-44(29-31-49)43-16-6-3-7-17-43)52-34-37-57-56-35-32-50(65-39-38-46-27-26-45-18-12-13-23-53(45)62(46)65)40-60(56)64(61(57)42-52,47-19-8-4-9-20-47)48-21-10-5-11-22-48/h3-42H,1-2H3. The molecule has 0 amide bonds. The third-order valence-electron chi connectivity index (χ3n) is 14.7. The van der Waals surface area contributed by atoms with Crippen LogP contribution in [-0.4, -0.2) is 4.57 Å². The van der Waals surface area contributed by atoms with Gasteiger partial charge in [-0.2, -0.15) is 0 Å². The highest BCUT2D eigenvalue weighted by atomic mass is 15.1. The number of fused-ring (bicyclic) bond motifs is 9. The minimum atomic E-state index is -0.616.